The molecule has 0 bridgehead atoms. The van der Waals surface area contributed by atoms with Gasteiger partial charge in [-0.1, -0.05) is 35.9 Å². The van der Waals surface area contributed by atoms with Crippen molar-refractivity contribution in [2.45, 2.75) is 6.92 Å². The number of aromatic amines is 1. The molecule has 0 aliphatic carbocycles. The smallest absolute Gasteiger partial charge is 0.280 e. The summed E-state index contributed by atoms with van der Waals surface area (Å²) in [7, 11) is 0. The van der Waals surface area contributed by atoms with E-state index in [0.29, 0.717) is 10.6 Å². The van der Waals surface area contributed by atoms with E-state index < -0.39 is 0 Å². The lowest BCUT2D eigenvalue weighted by molar-refractivity contribution is 0.835. The Labute approximate surface area is 138 Å². The molecule has 0 unspecified atom stereocenters. The molecule has 0 saturated carbocycles. The van der Waals surface area contributed by atoms with E-state index in [1.54, 1.807) is 12.1 Å². The van der Waals surface area contributed by atoms with Crippen LogP contribution in [0, 0.1) is 6.92 Å². The van der Waals surface area contributed by atoms with E-state index in [0.717, 1.165) is 17.1 Å². The molecule has 3 aromatic rings. The zero-order chi connectivity index (χ0) is 16.2. The molecule has 0 amide bonds. The third kappa shape index (κ3) is 3.35. The van der Waals surface area contributed by atoms with Gasteiger partial charge in [-0.15, -0.1) is 0 Å². The van der Waals surface area contributed by atoms with Crippen LogP contribution in [0.25, 0.3) is 5.69 Å². The molecule has 3 rings (SSSR count). The lowest BCUT2D eigenvalue weighted by Gasteiger charge is -1.99. The second-order valence-electron chi connectivity index (χ2n) is 5.01. The molecule has 23 heavy (non-hydrogen) atoms. The van der Waals surface area contributed by atoms with Gasteiger partial charge in [-0.3, -0.25) is 15.3 Å². The molecule has 0 aliphatic heterocycles. The maximum atomic E-state index is 12.5. The number of nitrogens with zero attached hydrogens (tertiary/aromatic N) is 2. The van der Waals surface area contributed by atoms with E-state index >= 15 is 0 Å². The summed E-state index contributed by atoms with van der Waals surface area (Å²) in [5, 5.41) is 7.79. The Morgan fingerprint density at radius 1 is 1.17 bits per heavy atom. The van der Waals surface area contributed by atoms with Crippen LogP contribution in [-0.4, -0.2) is 16.0 Å². The van der Waals surface area contributed by atoms with Gasteiger partial charge in [0.15, 0.2) is 0 Å². The molecule has 0 radical (unpaired) electrons. The molecule has 0 fully saturated rings. The minimum atomic E-state index is -0.148. The van der Waals surface area contributed by atoms with E-state index in [4.69, 9.17) is 11.6 Å². The Bertz CT molecular complexity index is 896. The fourth-order valence-electron chi connectivity index (χ4n) is 2.20. The van der Waals surface area contributed by atoms with E-state index in [1.165, 1.54) is 10.9 Å². The zero-order valence-corrected chi connectivity index (χ0v) is 13.2. The van der Waals surface area contributed by atoms with Crippen molar-refractivity contribution < 1.29 is 0 Å². The first-order valence-corrected chi connectivity index (χ1v) is 7.44. The van der Waals surface area contributed by atoms with Gasteiger partial charge in [-0.25, -0.2) is 4.68 Å². The quantitative estimate of drug-likeness (QED) is 0.568. The zero-order valence-electron chi connectivity index (χ0n) is 12.5. The highest BCUT2D eigenvalue weighted by molar-refractivity contribution is 6.30. The van der Waals surface area contributed by atoms with Gasteiger partial charge in [0.1, 0.15) is 0 Å². The van der Waals surface area contributed by atoms with Crippen molar-refractivity contribution >= 4 is 23.5 Å². The number of aryl methyl sites for hydroxylation is 1. The van der Waals surface area contributed by atoms with E-state index in [9.17, 15) is 4.79 Å². The lowest BCUT2D eigenvalue weighted by atomic mass is 10.3. The van der Waals surface area contributed by atoms with E-state index in [-0.39, 0.29) is 5.56 Å². The second kappa shape index (κ2) is 6.54. The van der Waals surface area contributed by atoms with Crippen molar-refractivity contribution in [3.8, 4) is 5.69 Å². The molecule has 0 atom stereocenters. The molecule has 5 nitrogen and oxygen atoms in total. The van der Waals surface area contributed by atoms with Crippen LogP contribution in [0.5, 0.6) is 0 Å². The highest BCUT2D eigenvalue weighted by Crippen LogP contribution is 2.14. The number of hydrogen-bond donors (Lipinski definition) is 2. The van der Waals surface area contributed by atoms with Crippen LogP contribution >= 0.6 is 11.6 Å². The van der Waals surface area contributed by atoms with Gasteiger partial charge in [0.05, 0.1) is 23.2 Å². The Morgan fingerprint density at radius 3 is 2.70 bits per heavy atom. The highest BCUT2D eigenvalue weighted by Gasteiger charge is 2.10. The van der Waals surface area contributed by atoms with Crippen LogP contribution in [0.2, 0.25) is 5.02 Å². The number of para-hydroxylation sites is 1. The normalized spacial score (nSPS) is 11.0. The van der Waals surface area contributed by atoms with Gasteiger partial charge in [0.2, 0.25) is 0 Å². The SMILES string of the molecule is Cc1[nH]n(-c2ccccc2)c(=O)c1C=NNc1cccc(Cl)c1. The van der Waals surface area contributed by atoms with Gasteiger partial charge >= 0.3 is 0 Å². The molecule has 1 heterocycles. The summed E-state index contributed by atoms with van der Waals surface area (Å²) in [6.45, 7) is 1.83. The first kappa shape index (κ1) is 15.1. The fraction of sp³-hybridized carbons (Fsp3) is 0.0588. The van der Waals surface area contributed by atoms with Crippen molar-refractivity contribution in [3.63, 3.8) is 0 Å². The lowest BCUT2D eigenvalue weighted by Crippen LogP contribution is -2.17. The highest BCUT2D eigenvalue weighted by atomic mass is 35.5. The fourth-order valence-corrected chi connectivity index (χ4v) is 2.39. The topological polar surface area (TPSA) is 62.2 Å². The second-order valence-corrected chi connectivity index (χ2v) is 5.44. The summed E-state index contributed by atoms with van der Waals surface area (Å²) in [6.07, 6.45) is 1.51. The van der Waals surface area contributed by atoms with Crippen molar-refractivity contribution in [1.29, 1.82) is 0 Å². The van der Waals surface area contributed by atoms with Crippen molar-refractivity contribution in [2.24, 2.45) is 5.10 Å². The molecule has 1 aromatic heterocycles. The third-order valence-corrected chi connectivity index (χ3v) is 3.58. The number of hydrazone groups is 1. The number of nitrogens with one attached hydrogen (secondary N) is 2. The largest absolute Gasteiger partial charge is 0.295 e. The standard InChI is InChI=1S/C17H15ClN4O/c1-12-16(11-19-20-14-7-5-6-13(18)10-14)17(23)22(21-12)15-8-3-2-4-9-15/h2-11,20-21H,1H3. The minimum absolute atomic E-state index is 0.148. The van der Waals surface area contributed by atoms with Gasteiger partial charge in [0.25, 0.3) is 5.56 Å². The summed E-state index contributed by atoms with van der Waals surface area (Å²) >= 11 is 5.91. The van der Waals surface area contributed by atoms with Gasteiger partial charge in [0, 0.05) is 10.7 Å². The Balaban J connectivity index is 1.85. The number of hydrogen-bond acceptors (Lipinski definition) is 3. The van der Waals surface area contributed by atoms with Gasteiger partial charge < -0.3 is 0 Å². The van der Waals surface area contributed by atoms with Crippen LogP contribution in [-0.2, 0) is 0 Å². The molecular weight excluding hydrogens is 312 g/mol. The summed E-state index contributed by atoms with van der Waals surface area (Å²) in [5.74, 6) is 0. The number of benzene rings is 2. The predicted octanol–water partition coefficient (Wildman–Crippen LogP) is 3.57. The summed E-state index contributed by atoms with van der Waals surface area (Å²) < 4.78 is 1.50. The molecule has 2 N–H and O–H groups in total. The molecule has 2 aromatic carbocycles. The first-order valence-electron chi connectivity index (χ1n) is 7.07. The van der Waals surface area contributed by atoms with Crippen LogP contribution in [0.15, 0.2) is 64.5 Å². The van der Waals surface area contributed by atoms with Crippen LogP contribution in [0.4, 0.5) is 5.69 Å². The number of anilines is 1. The average Bonchev–Trinajstić information content (AvgIpc) is 2.84. The molecule has 6 heteroatoms. The van der Waals surface area contributed by atoms with Crippen LogP contribution in [0.1, 0.15) is 11.3 Å². The van der Waals surface area contributed by atoms with E-state index in [1.807, 2.05) is 49.4 Å². The first-order chi connectivity index (χ1) is 11.1. The maximum Gasteiger partial charge on any atom is 0.280 e. The van der Waals surface area contributed by atoms with Crippen LogP contribution < -0.4 is 11.0 Å². The number of aromatic nitrogens is 2. The number of rotatable bonds is 4. The summed E-state index contributed by atoms with van der Waals surface area (Å²) in [5.41, 5.74) is 5.50. The number of H-pyrrole nitrogens is 1. The average molecular weight is 327 g/mol. The van der Waals surface area contributed by atoms with Crippen LogP contribution in [0.3, 0.4) is 0 Å². The molecule has 0 saturated heterocycles. The summed E-state index contributed by atoms with van der Waals surface area (Å²) in [4.78, 5) is 12.5. The van der Waals surface area contributed by atoms with Crippen molar-refractivity contribution in [2.75, 3.05) is 5.43 Å². The van der Waals surface area contributed by atoms with Crippen molar-refractivity contribution in [3.05, 3.63) is 81.2 Å². The maximum absolute atomic E-state index is 12.5. The third-order valence-electron chi connectivity index (χ3n) is 3.34. The monoisotopic (exact) mass is 326 g/mol. The van der Waals surface area contributed by atoms with Gasteiger partial charge in [-0.2, -0.15) is 5.10 Å². The van der Waals surface area contributed by atoms with Gasteiger partial charge in [-0.05, 0) is 37.3 Å². The molecule has 116 valence electrons. The molecule has 0 spiro atoms. The predicted molar refractivity (Wildman–Crippen MR) is 93.8 cm³/mol. The Morgan fingerprint density at radius 2 is 1.96 bits per heavy atom. The van der Waals surface area contributed by atoms with E-state index in [2.05, 4.69) is 15.6 Å². The Kier molecular flexibility index (Phi) is 4.30. The summed E-state index contributed by atoms with van der Waals surface area (Å²) in [6, 6.07) is 16.6. The van der Waals surface area contributed by atoms with Crippen molar-refractivity contribution in [1.82, 2.24) is 9.78 Å². The Hall–Kier alpha value is -2.79. The minimum Gasteiger partial charge on any atom is -0.295 e. The molecule has 0 aliphatic rings. The molecular formula is C17H15ClN4O. The number of halogens is 1.